The number of hydrogen-bond acceptors (Lipinski definition) is 3. The Morgan fingerprint density at radius 2 is 2.09 bits per heavy atom. The van der Waals surface area contributed by atoms with Crippen LogP contribution in [-0.2, 0) is 20.8 Å². The van der Waals surface area contributed by atoms with E-state index in [0.29, 0.717) is 6.41 Å². The molecule has 0 saturated heterocycles. The first-order valence-corrected chi connectivity index (χ1v) is 7.02. The number of hydroxylamine groups is 2. The number of carboxylic acid groups (broad SMARTS) is 1. The number of carbonyl (C=O) groups excluding carboxylic acids is 1. The fourth-order valence-electron chi connectivity index (χ4n) is 2.27. The van der Waals surface area contributed by atoms with Gasteiger partial charge in [0, 0.05) is 23.5 Å². The molecule has 0 aliphatic carbocycles. The Hall–Kier alpha value is -2.34. The number of aromatic amines is 1. The van der Waals surface area contributed by atoms with Crippen LogP contribution in [0.3, 0.4) is 0 Å². The summed E-state index contributed by atoms with van der Waals surface area (Å²) in [7, 11) is 0. The molecule has 1 heterocycles. The first-order chi connectivity index (χ1) is 10.3. The number of carboxylic acids is 1. The van der Waals surface area contributed by atoms with E-state index in [4.69, 9.17) is 4.84 Å². The summed E-state index contributed by atoms with van der Waals surface area (Å²) < 4.78 is 0. The summed E-state index contributed by atoms with van der Waals surface area (Å²) in [5.74, 6) is -1.11. The van der Waals surface area contributed by atoms with Gasteiger partial charge in [-0.25, -0.2) is 9.86 Å². The molecule has 0 unspecified atom stereocenters. The van der Waals surface area contributed by atoms with Gasteiger partial charge in [0.05, 0.1) is 5.60 Å². The van der Waals surface area contributed by atoms with Crippen LogP contribution in [0.1, 0.15) is 26.3 Å². The number of aliphatic carboxylic acids is 1. The predicted molar refractivity (Wildman–Crippen MR) is 82.2 cm³/mol. The maximum absolute atomic E-state index is 11.6. The SMILES string of the molecule is CC(C)(C)ON(C=O)[C@@H](Cc1c[nH]c2ccccc12)C(=O)O. The number of benzene rings is 1. The van der Waals surface area contributed by atoms with E-state index in [1.165, 1.54) is 0 Å². The van der Waals surface area contributed by atoms with Crippen molar-refractivity contribution in [1.29, 1.82) is 0 Å². The third-order valence-electron chi connectivity index (χ3n) is 3.16. The molecular formula is C16H20N2O4. The summed E-state index contributed by atoms with van der Waals surface area (Å²) in [6, 6.07) is 6.53. The maximum atomic E-state index is 11.6. The molecule has 0 aliphatic heterocycles. The normalized spacial score (nSPS) is 13.0. The third kappa shape index (κ3) is 3.65. The molecule has 1 atom stereocenters. The van der Waals surface area contributed by atoms with Crippen LogP contribution < -0.4 is 0 Å². The number of amides is 1. The lowest BCUT2D eigenvalue weighted by Crippen LogP contribution is -2.45. The summed E-state index contributed by atoms with van der Waals surface area (Å²) in [5, 5.41) is 11.3. The van der Waals surface area contributed by atoms with Crippen molar-refractivity contribution in [3.8, 4) is 0 Å². The van der Waals surface area contributed by atoms with Crippen LogP contribution in [0.25, 0.3) is 10.9 Å². The molecule has 118 valence electrons. The highest BCUT2D eigenvalue weighted by atomic mass is 16.7. The highest BCUT2D eigenvalue weighted by Crippen LogP contribution is 2.21. The Morgan fingerprint density at radius 3 is 2.68 bits per heavy atom. The second-order valence-electron chi connectivity index (χ2n) is 6.09. The van der Waals surface area contributed by atoms with Crippen LogP contribution in [0.5, 0.6) is 0 Å². The van der Waals surface area contributed by atoms with E-state index >= 15 is 0 Å². The monoisotopic (exact) mass is 304 g/mol. The minimum absolute atomic E-state index is 0.161. The number of para-hydroxylation sites is 1. The van der Waals surface area contributed by atoms with Crippen molar-refractivity contribution in [2.45, 2.75) is 38.8 Å². The van der Waals surface area contributed by atoms with Gasteiger partial charge in [-0.1, -0.05) is 18.2 Å². The van der Waals surface area contributed by atoms with Gasteiger partial charge in [-0.15, -0.1) is 0 Å². The molecular weight excluding hydrogens is 284 g/mol. The fourth-order valence-corrected chi connectivity index (χ4v) is 2.27. The number of fused-ring (bicyclic) bond motifs is 1. The van der Waals surface area contributed by atoms with Gasteiger partial charge in [0.1, 0.15) is 0 Å². The van der Waals surface area contributed by atoms with E-state index < -0.39 is 17.6 Å². The number of H-pyrrole nitrogens is 1. The molecule has 0 spiro atoms. The molecule has 6 nitrogen and oxygen atoms in total. The van der Waals surface area contributed by atoms with Crippen LogP contribution in [0.2, 0.25) is 0 Å². The van der Waals surface area contributed by atoms with Crippen LogP contribution in [0.4, 0.5) is 0 Å². The second kappa shape index (κ2) is 6.19. The molecule has 2 rings (SSSR count). The summed E-state index contributed by atoms with van der Waals surface area (Å²) in [6.45, 7) is 5.27. The molecule has 6 heteroatoms. The topological polar surface area (TPSA) is 82.6 Å². The Morgan fingerprint density at radius 1 is 1.41 bits per heavy atom. The van der Waals surface area contributed by atoms with Crippen molar-refractivity contribution < 1.29 is 19.5 Å². The molecule has 22 heavy (non-hydrogen) atoms. The first kappa shape index (κ1) is 16.0. The lowest BCUT2D eigenvalue weighted by atomic mass is 10.0. The highest BCUT2D eigenvalue weighted by molar-refractivity contribution is 5.84. The average Bonchev–Trinajstić information content (AvgIpc) is 2.84. The van der Waals surface area contributed by atoms with E-state index in [2.05, 4.69) is 4.98 Å². The predicted octanol–water partition coefficient (Wildman–Crippen LogP) is 2.35. The van der Waals surface area contributed by atoms with E-state index in [0.717, 1.165) is 21.5 Å². The van der Waals surface area contributed by atoms with E-state index in [-0.39, 0.29) is 6.42 Å². The molecule has 2 N–H and O–H groups in total. The lowest BCUT2D eigenvalue weighted by molar-refractivity contribution is -0.234. The number of nitrogens with zero attached hydrogens (tertiary/aromatic N) is 1. The zero-order chi connectivity index (χ0) is 16.3. The van der Waals surface area contributed by atoms with Gasteiger partial charge >= 0.3 is 5.97 Å². The fraction of sp³-hybridized carbons (Fsp3) is 0.375. The zero-order valence-electron chi connectivity index (χ0n) is 12.9. The van der Waals surface area contributed by atoms with Crippen molar-refractivity contribution in [3.63, 3.8) is 0 Å². The summed E-state index contributed by atoms with van der Waals surface area (Å²) in [4.78, 5) is 31.4. The molecule has 0 fully saturated rings. The first-order valence-electron chi connectivity index (χ1n) is 7.02. The molecule has 0 aliphatic rings. The van der Waals surface area contributed by atoms with Gasteiger partial charge < -0.3 is 10.1 Å². The molecule has 1 amide bonds. The highest BCUT2D eigenvalue weighted by Gasteiger charge is 2.30. The van der Waals surface area contributed by atoms with Crippen LogP contribution in [0.15, 0.2) is 30.5 Å². The number of nitrogens with one attached hydrogen (secondary N) is 1. The Kier molecular flexibility index (Phi) is 4.51. The van der Waals surface area contributed by atoms with Gasteiger partial charge in [0.15, 0.2) is 6.04 Å². The van der Waals surface area contributed by atoms with E-state index in [1.807, 2.05) is 24.3 Å². The van der Waals surface area contributed by atoms with Crippen molar-refractivity contribution in [2.75, 3.05) is 0 Å². The molecule has 2 aromatic rings. The molecule has 0 bridgehead atoms. The van der Waals surface area contributed by atoms with Gasteiger partial charge in [0.2, 0.25) is 6.41 Å². The summed E-state index contributed by atoms with van der Waals surface area (Å²) in [5.41, 5.74) is 1.10. The number of hydrogen-bond donors (Lipinski definition) is 2. The minimum atomic E-state index is -1.11. The van der Waals surface area contributed by atoms with Gasteiger partial charge in [-0.05, 0) is 32.4 Å². The van der Waals surface area contributed by atoms with Crippen molar-refractivity contribution in [3.05, 3.63) is 36.0 Å². The third-order valence-corrected chi connectivity index (χ3v) is 3.16. The summed E-state index contributed by atoms with van der Waals surface area (Å²) in [6.07, 6.45) is 2.34. The second-order valence-corrected chi connectivity index (χ2v) is 6.09. The largest absolute Gasteiger partial charge is 0.480 e. The standard InChI is InChI=1S/C16H20N2O4/c1-16(2,3)22-18(10-19)14(15(20)21)8-11-9-17-13-7-5-4-6-12(11)13/h4-7,9-10,14,17H,8H2,1-3H3,(H,20,21)/t14-/m0/s1. The quantitative estimate of drug-likeness (QED) is 0.634. The smallest absolute Gasteiger partial charge is 0.329 e. The molecule has 0 saturated carbocycles. The average molecular weight is 304 g/mol. The number of aromatic nitrogens is 1. The molecule has 1 aromatic carbocycles. The van der Waals surface area contributed by atoms with E-state index in [1.54, 1.807) is 27.0 Å². The zero-order valence-corrected chi connectivity index (χ0v) is 12.9. The maximum Gasteiger partial charge on any atom is 0.329 e. The van der Waals surface area contributed by atoms with Gasteiger partial charge in [-0.3, -0.25) is 9.63 Å². The molecule has 1 aromatic heterocycles. The summed E-state index contributed by atoms with van der Waals surface area (Å²) >= 11 is 0. The molecule has 0 radical (unpaired) electrons. The number of rotatable bonds is 6. The van der Waals surface area contributed by atoms with Gasteiger partial charge in [-0.2, -0.15) is 0 Å². The van der Waals surface area contributed by atoms with Crippen LogP contribution in [0, 0.1) is 0 Å². The van der Waals surface area contributed by atoms with Gasteiger partial charge in [0.25, 0.3) is 0 Å². The van der Waals surface area contributed by atoms with E-state index in [9.17, 15) is 14.7 Å². The van der Waals surface area contributed by atoms with Crippen molar-refractivity contribution in [1.82, 2.24) is 10.0 Å². The minimum Gasteiger partial charge on any atom is -0.480 e. The Balaban J connectivity index is 2.28. The van der Waals surface area contributed by atoms with Crippen LogP contribution >= 0.6 is 0 Å². The number of carbonyl (C=O) groups is 2. The van der Waals surface area contributed by atoms with Crippen LogP contribution in [-0.4, -0.2) is 39.2 Å². The lowest BCUT2D eigenvalue weighted by Gasteiger charge is -2.30. The Bertz CT molecular complexity index is 672. The van der Waals surface area contributed by atoms with Crippen molar-refractivity contribution in [2.24, 2.45) is 0 Å². The van der Waals surface area contributed by atoms with Crippen molar-refractivity contribution >= 4 is 23.3 Å². The Labute approximate surface area is 128 Å².